The van der Waals surface area contributed by atoms with Crippen LogP contribution in [0, 0.1) is 0 Å². The molecule has 0 saturated carbocycles. The first-order chi connectivity index (χ1) is 9.80. The smallest absolute Gasteiger partial charge is 0.241 e. The van der Waals surface area contributed by atoms with Crippen molar-refractivity contribution in [1.82, 2.24) is 10.0 Å². The first-order valence-corrected chi connectivity index (χ1v) is 9.12. The van der Waals surface area contributed by atoms with Crippen LogP contribution in [0.25, 0.3) is 0 Å². The molecule has 0 radical (unpaired) electrons. The van der Waals surface area contributed by atoms with Crippen LogP contribution in [0.5, 0.6) is 0 Å². The molecule has 4 nitrogen and oxygen atoms in total. The van der Waals surface area contributed by atoms with Crippen LogP contribution in [0.2, 0.25) is 0 Å². The first kappa shape index (κ1) is 18.1. The highest BCUT2D eigenvalue weighted by Gasteiger charge is 2.24. The normalized spacial score (nSPS) is 12.6. The minimum Gasteiger partial charge on any atom is -0.317 e. The largest absolute Gasteiger partial charge is 0.317 e. The maximum atomic E-state index is 12.3. The summed E-state index contributed by atoms with van der Waals surface area (Å²) in [6.07, 6.45) is 2.76. The molecular formula is C16H28N2O2S. The summed E-state index contributed by atoms with van der Waals surface area (Å²) in [5.74, 6) is 0. The average Bonchev–Trinajstić information content (AvgIpc) is 2.43. The summed E-state index contributed by atoms with van der Waals surface area (Å²) in [6.45, 7) is 9.80. The fourth-order valence-electron chi connectivity index (χ4n) is 1.92. The molecule has 0 unspecified atom stereocenters. The summed E-state index contributed by atoms with van der Waals surface area (Å²) < 4.78 is 27.3. The molecular weight excluding hydrogens is 284 g/mol. The highest BCUT2D eigenvalue weighted by Crippen LogP contribution is 2.16. The molecule has 0 saturated heterocycles. The molecule has 120 valence electrons. The lowest BCUT2D eigenvalue weighted by Crippen LogP contribution is -2.42. The van der Waals surface area contributed by atoms with E-state index >= 15 is 0 Å². The summed E-state index contributed by atoms with van der Waals surface area (Å²) in [5.41, 5.74) is 0.741. The van der Waals surface area contributed by atoms with Crippen molar-refractivity contribution < 1.29 is 8.42 Å². The lowest BCUT2D eigenvalue weighted by Gasteiger charge is -2.24. The third-order valence-corrected chi connectivity index (χ3v) is 5.31. The Kier molecular flexibility index (Phi) is 6.84. The molecule has 2 N–H and O–H groups in total. The highest BCUT2D eigenvalue weighted by atomic mass is 32.2. The van der Waals surface area contributed by atoms with Crippen molar-refractivity contribution in [3.8, 4) is 0 Å². The van der Waals surface area contributed by atoms with Crippen LogP contribution in [-0.2, 0) is 16.4 Å². The van der Waals surface area contributed by atoms with Gasteiger partial charge in [-0.25, -0.2) is 13.1 Å². The third kappa shape index (κ3) is 6.16. The number of nitrogens with one attached hydrogen (secondary N) is 2. The van der Waals surface area contributed by atoms with Crippen molar-refractivity contribution in [2.24, 2.45) is 0 Å². The van der Waals surface area contributed by atoms with E-state index in [1.165, 1.54) is 5.56 Å². The molecule has 1 aromatic carbocycles. The Morgan fingerprint density at radius 3 is 2.24 bits per heavy atom. The Hall–Kier alpha value is -0.910. The van der Waals surface area contributed by atoms with Crippen molar-refractivity contribution in [2.75, 3.05) is 13.1 Å². The quantitative estimate of drug-likeness (QED) is 0.689. The van der Waals surface area contributed by atoms with Crippen molar-refractivity contribution in [1.29, 1.82) is 0 Å². The van der Waals surface area contributed by atoms with E-state index in [0.29, 0.717) is 4.90 Å². The van der Waals surface area contributed by atoms with Gasteiger partial charge < -0.3 is 5.32 Å². The number of sulfonamides is 1. The van der Waals surface area contributed by atoms with Gasteiger partial charge in [0.15, 0.2) is 0 Å². The Balaban J connectivity index is 2.68. The number of rotatable bonds is 9. The van der Waals surface area contributed by atoms with Gasteiger partial charge in [-0.3, -0.25) is 0 Å². The van der Waals surface area contributed by atoms with Gasteiger partial charge in [0.25, 0.3) is 0 Å². The zero-order valence-corrected chi connectivity index (χ0v) is 14.4. The van der Waals surface area contributed by atoms with E-state index in [-0.39, 0.29) is 0 Å². The molecule has 0 amide bonds. The van der Waals surface area contributed by atoms with Gasteiger partial charge in [-0.2, -0.15) is 0 Å². The lowest BCUT2D eigenvalue weighted by molar-refractivity contribution is 0.439. The fraction of sp³-hybridized carbons (Fsp3) is 0.625. The monoisotopic (exact) mass is 312 g/mol. The topological polar surface area (TPSA) is 58.2 Å². The molecule has 0 heterocycles. The van der Waals surface area contributed by atoms with E-state index in [0.717, 1.165) is 32.4 Å². The molecule has 0 bridgehead atoms. The molecule has 0 aliphatic carbocycles. The number of hydrogen-bond donors (Lipinski definition) is 2. The average molecular weight is 312 g/mol. The van der Waals surface area contributed by atoms with Gasteiger partial charge >= 0.3 is 0 Å². The maximum Gasteiger partial charge on any atom is 0.241 e. The summed E-state index contributed by atoms with van der Waals surface area (Å²) in [6, 6.07) is 7.19. The van der Waals surface area contributed by atoms with Gasteiger partial charge in [0.1, 0.15) is 0 Å². The third-order valence-electron chi connectivity index (χ3n) is 3.60. The van der Waals surface area contributed by atoms with Gasteiger partial charge in [-0.15, -0.1) is 0 Å². The van der Waals surface area contributed by atoms with Crippen LogP contribution in [0.1, 0.15) is 46.1 Å². The van der Waals surface area contributed by atoms with Crippen molar-refractivity contribution in [2.45, 2.75) is 57.4 Å². The Morgan fingerprint density at radius 1 is 1.10 bits per heavy atom. The lowest BCUT2D eigenvalue weighted by atomic mass is 10.0. The summed E-state index contributed by atoms with van der Waals surface area (Å²) in [5, 5.41) is 3.28. The molecule has 0 aliphatic heterocycles. The van der Waals surface area contributed by atoms with E-state index < -0.39 is 15.6 Å². The van der Waals surface area contributed by atoms with Gasteiger partial charge in [0, 0.05) is 5.54 Å². The molecule has 1 rings (SSSR count). The maximum absolute atomic E-state index is 12.3. The predicted octanol–water partition coefficient (Wildman–Crippen LogP) is 2.70. The molecule has 21 heavy (non-hydrogen) atoms. The molecule has 0 spiro atoms. The zero-order valence-electron chi connectivity index (χ0n) is 13.6. The second-order valence-corrected chi connectivity index (χ2v) is 7.63. The standard InChI is InChI=1S/C16H28N2O2S/c1-5-16(3,4)18-21(19,20)15-11-9-14(10-12-15)8-7-13-17-6-2/h9-12,17-18H,5-8,13H2,1-4H3. The second-order valence-electron chi connectivity index (χ2n) is 5.94. The Bertz CT molecular complexity index is 522. The summed E-state index contributed by atoms with van der Waals surface area (Å²) >= 11 is 0. The molecule has 0 aliphatic rings. The van der Waals surface area contributed by atoms with Gasteiger partial charge in [-0.1, -0.05) is 26.0 Å². The molecule has 0 atom stereocenters. The predicted molar refractivity (Wildman–Crippen MR) is 88.0 cm³/mol. The minimum atomic E-state index is -3.44. The van der Waals surface area contributed by atoms with Crippen LogP contribution in [-0.4, -0.2) is 27.0 Å². The SMILES string of the molecule is CCNCCCc1ccc(S(=O)(=O)NC(C)(C)CC)cc1. The molecule has 0 fully saturated rings. The van der Waals surface area contributed by atoms with Crippen LogP contribution in [0.4, 0.5) is 0 Å². The molecule has 0 aromatic heterocycles. The van der Waals surface area contributed by atoms with Crippen LogP contribution < -0.4 is 10.0 Å². The van der Waals surface area contributed by atoms with E-state index in [1.807, 2.05) is 32.9 Å². The van der Waals surface area contributed by atoms with Crippen LogP contribution >= 0.6 is 0 Å². The van der Waals surface area contributed by atoms with Crippen molar-refractivity contribution >= 4 is 10.0 Å². The second kappa shape index (κ2) is 7.92. The van der Waals surface area contributed by atoms with Crippen LogP contribution in [0.15, 0.2) is 29.2 Å². The Labute approximate surface area is 129 Å². The van der Waals surface area contributed by atoms with E-state index in [4.69, 9.17) is 0 Å². The minimum absolute atomic E-state index is 0.333. The molecule has 1 aromatic rings. The molecule has 5 heteroatoms. The van der Waals surface area contributed by atoms with Crippen molar-refractivity contribution in [3.05, 3.63) is 29.8 Å². The highest BCUT2D eigenvalue weighted by molar-refractivity contribution is 7.89. The van der Waals surface area contributed by atoms with Crippen molar-refractivity contribution in [3.63, 3.8) is 0 Å². The number of aryl methyl sites for hydroxylation is 1. The number of hydrogen-bond acceptors (Lipinski definition) is 3. The fourth-order valence-corrected chi connectivity index (χ4v) is 3.41. The zero-order chi connectivity index (χ0) is 15.9. The summed E-state index contributed by atoms with van der Waals surface area (Å²) in [7, 11) is -3.44. The number of benzene rings is 1. The van der Waals surface area contributed by atoms with Gasteiger partial charge in [0.05, 0.1) is 4.90 Å². The van der Waals surface area contributed by atoms with E-state index in [1.54, 1.807) is 12.1 Å². The van der Waals surface area contributed by atoms with Gasteiger partial charge in [-0.05, 0) is 63.9 Å². The van der Waals surface area contributed by atoms with Gasteiger partial charge in [0.2, 0.25) is 10.0 Å². The van der Waals surface area contributed by atoms with E-state index in [2.05, 4.69) is 17.0 Å². The van der Waals surface area contributed by atoms with Crippen LogP contribution in [0.3, 0.4) is 0 Å². The Morgan fingerprint density at radius 2 is 1.71 bits per heavy atom. The summed E-state index contributed by atoms with van der Waals surface area (Å²) in [4.78, 5) is 0.333. The first-order valence-electron chi connectivity index (χ1n) is 7.64. The van der Waals surface area contributed by atoms with E-state index in [9.17, 15) is 8.42 Å².